The van der Waals surface area contributed by atoms with Crippen LogP contribution in [0.15, 0.2) is 48.5 Å². The summed E-state index contributed by atoms with van der Waals surface area (Å²) in [7, 11) is 0. The van der Waals surface area contributed by atoms with Crippen molar-refractivity contribution in [2.24, 2.45) is 0 Å². The molecule has 0 aliphatic carbocycles. The van der Waals surface area contributed by atoms with Crippen LogP contribution < -0.4 is 15.5 Å². The molecule has 0 aromatic heterocycles. The molecule has 1 saturated heterocycles. The van der Waals surface area contributed by atoms with Crippen LogP contribution in [0.3, 0.4) is 0 Å². The molecular weight excluding hydrogens is 345 g/mol. The number of amides is 1. The molecular formula is C21H26FN3O2. The zero-order valence-electron chi connectivity index (χ0n) is 15.4. The van der Waals surface area contributed by atoms with E-state index >= 15 is 0 Å². The van der Waals surface area contributed by atoms with Gasteiger partial charge in [-0.2, -0.15) is 0 Å². The van der Waals surface area contributed by atoms with Gasteiger partial charge in [-0.3, -0.25) is 4.79 Å². The number of rotatable bonds is 8. The molecule has 2 aromatic rings. The van der Waals surface area contributed by atoms with Gasteiger partial charge in [-0.15, -0.1) is 0 Å². The molecule has 1 heterocycles. The second-order valence-electron chi connectivity index (χ2n) is 6.51. The van der Waals surface area contributed by atoms with Crippen molar-refractivity contribution in [3.63, 3.8) is 0 Å². The second-order valence-corrected chi connectivity index (χ2v) is 6.51. The van der Waals surface area contributed by atoms with Crippen LogP contribution in [0.2, 0.25) is 0 Å². The van der Waals surface area contributed by atoms with E-state index in [0.29, 0.717) is 44.7 Å². The fraction of sp³-hybridized carbons (Fsp3) is 0.381. The molecule has 6 heteroatoms. The molecule has 2 aromatic carbocycles. The zero-order chi connectivity index (χ0) is 18.9. The van der Waals surface area contributed by atoms with E-state index < -0.39 is 0 Å². The predicted octanol–water partition coefficient (Wildman–Crippen LogP) is 2.82. The number of hydrogen-bond acceptors (Lipinski definition) is 4. The van der Waals surface area contributed by atoms with Crippen LogP contribution in [-0.4, -0.2) is 45.3 Å². The third kappa shape index (κ3) is 5.77. The Hall–Kier alpha value is -2.44. The summed E-state index contributed by atoms with van der Waals surface area (Å²) in [4.78, 5) is 14.5. The van der Waals surface area contributed by atoms with Crippen LogP contribution in [0.25, 0.3) is 0 Å². The zero-order valence-corrected chi connectivity index (χ0v) is 15.4. The summed E-state index contributed by atoms with van der Waals surface area (Å²) >= 11 is 0. The van der Waals surface area contributed by atoms with Crippen molar-refractivity contribution < 1.29 is 13.9 Å². The van der Waals surface area contributed by atoms with Crippen molar-refractivity contribution >= 4 is 17.3 Å². The van der Waals surface area contributed by atoms with E-state index in [4.69, 9.17) is 4.74 Å². The summed E-state index contributed by atoms with van der Waals surface area (Å²) in [6.07, 6.45) is 0.975. The van der Waals surface area contributed by atoms with E-state index in [9.17, 15) is 9.18 Å². The first kappa shape index (κ1) is 19.3. The quantitative estimate of drug-likeness (QED) is 0.701. The number of nitrogens with one attached hydrogen (secondary N) is 2. The Labute approximate surface area is 159 Å². The number of ether oxygens (including phenoxy) is 1. The Morgan fingerprint density at radius 1 is 1.04 bits per heavy atom. The first-order valence-electron chi connectivity index (χ1n) is 9.40. The third-order valence-electron chi connectivity index (χ3n) is 4.59. The van der Waals surface area contributed by atoms with Crippen molar-refractivity contribution in [3.05, 3.63) is 59.9 Å². The summed E-state index contributed by atoms with van der Waals surface area (Å²) < 4.78 is 19.0. The molecule has 0 saturated carbocycles. The summed E-state index contributed by atoms with van der Waals surface area (Å²) in [5.74, 6) is -0.217. The monoisotopic (exact) mass is 371 g/mol. The molecule has 0 atom stereocenters. The van der Waals surface area contributed by atoms with Crippen molar-refractivity contribution in [3.8, 4) is 0 Å². The lowest BCUT2D eigenvalue weighted by molar-refractivity contribution is -0.116. The van der Waals surface area contributed by atoms with Crippen LogP contribution in [0, 0.1) is 5.82 Å². The maximum absolute atomic E-state index is 13.6. The molecule has 5 nitrogen and oxygen atoms in total. The number of nitrogens with zero attached hydrogens (tertiary/aromatic N) is 1. The normalized spacial score (nSPS) is 14.2. The number of hydrogen-bond donors (Lipinski definition) is 2. The third-order valence-corrected chi connectivity index (χ3v) is 4.59. The topological polar surface area (TPSA) is 53.6 Å². The number of para-hydroxylation sites is 2. The number of carbonyl (C=O) groups is 1. The number of halogens is 1. The van der Waals surface area contributed by atoms with Crippen LogP contribution in [0.5, 0.6) is 0 Å². The van der Waals surface area contributed by atoms with Gasteiger partial charge in [-0.25, -0.2) is 4.39 Å². The lowest BCUT2D eigenvalue weighted by Gasteiger charge is -2.30. The Kier molecular flexibility index (Phi) is 7.19. The van der Waals surface area contributed by atoms with E-state index in [1.165, 1.54) is 6.07 Å². The summed E-state index contributed by atoms with van der Waals surface area (Å²) in [6, 6.07) is 14.6. The SMILES string of the molecule is O=C(CCNCCc1ccccc1F)Nc1ccccc1N1CCOCC1. The average molecular weight is 371 g/mol. The highest BCUT2D eigenvalue weighted by atomic mass is 19.1. The Balaban J connectivity index is 1.42. The van der Waals surface area contributed by atoms with Crippen LogP contribution in [0.1, 0.15) is 12.0 Å². The molecule has 1 fully saturated rings. The lowest BCUT2D eigenvalue weighted by Crippen LogP contribution is -2.36. The second kappa shape index (κ2) is 10.0. The van der Waals surface area contributed by atoms with E-state index in [-0.39, 0.29) is 11.7 Å². The predicted molar refractivity (Wildman–Crippen MR) is 106 cm³/mol. The van der Waals surface area contributed by atoms with Gasteiger partial charge in [-0.1, -0.05) is 30.3 Å². The average Bonchev–Trinajstić information content (AvgIpc) is 2.70. The molecule has 3 rings (SSSR count). The molecule has 1 amide bonds. The van der Waals surface area contributed by atoms with Crippen molar-refractivity contribution in [1.29, 1.82) is 0 Å². The minimum atomic E-state index is -0.184. The minimum absolute atomic E-state index is 0.0332. The van der Waals surface area contributed by atoms with Crippen LogP contribution >= 0.6 is 0 Å². The van der Waals surface area contributed by atoms with Crippen LogP contribution in [-0.2, 0) is 16.0 Å². The van der Waals surface area contributed by atoms with Crippen molar-refractivity contribution in [2.45, 2.75) is 12.8 Å². The van der Waals surface area contributed by atoms with E-state index in [1.54, 1.807) is 12.1 Å². The van der Waals surface area contributed by atoms with Gasteiger partial charge in [-0.05, 0) is 36.7 Å². The van der Waals surface area contributed by atoms with Gasteiger partial charge in [0.25, 0.3) is 0 Å². The lowest BCUT2D eigenvalue weighted by atomic mass is 10.1. The standard InChI is InChI=1S/C21H26FN3O2/c22-18-6-2-1-5-17(18)9-11-23-12-10-21(26)24-19-7-3-4-8-20(19)25-13-15-27-16-14-25/h1-8,23H,9-16H2,(H,24,26). The first-order valence-corrected chi connectivity index (χ1v) is 9.40. The van der Waals surface area contributed by atoms with E-state index in [1.807, 2.05) is 30.3 Å². The first-order chi connectivity index (χ1) is 13.2. The summed E-state index contributed by atoms with van der Waals surface area (Å²) in [5, 5.41) is 6.21. The van der Waals surface area contributed by atoms with Gasteiger partial charge < -0.3 is 20.3 Å². The van der Waals surface area contributed by atoms with E-state index in [2.05, 4.69) is 15.5 Å². The molecule has 0 spiro atoms. The smallest absolute Gasteiger partial charge is 0.225 e. The highest BCUT2D eigenvalue weighted by Gasteiger charge is 2.15. The minimum Gasteiger partial charge on any atom is -0.378 e. The number of anilines is 2. The van der Waals surface area contributed by atoms with E-state index in [0.717, 1.165) is 24.5 Å². The van der Waals surface area contributed by atoms with Gasteiger partial charge in [0, 0.05) is 26.1 Å². The summed E-state index contributed by atoms with van der Waals surface area (Å²) in [6.45, 7) is 4.25. The molecule has 1 aliphatic rings. The molecule has 0 radical (unpaired) electrons. The maximum atomic E-state index is 13.6. The number of carbonyl (C=O) groups excluding carboxylic acids is 1. The van der Waals surface area contributed by atoms with Crippen LogP contribution in [0.4, 0.5) is 15.8 Å². The van der Waals surface area contributed by atoms with Crippen molar-refractivity contribution in [2.75, 3.05) is 49.6 Å². The number of morpholine rings is 1. The van der Waals surface area contributed by atoms with Gasteiger partial charge in [0.2, 0.25) is 5.91 Å². The molecule has 27 heavy (non-hydrogen) atoms. The number of benzene rings is 2. The van der Waals surface area contributed by atoms with Gasteiger partial charge in [0.05, 0.1) is 24.6 Å². The Bertz CT molecular complexity index is 748. The highest BCUT2D eigenvalue weighted by molar-refractivity contribution is 5.94. The molecule has 144 valence electrons. The molecule has 0 unspecified atom stereocenters. The Morgan fingerprint density at radius 3 is 2.59 bits per heavy atom. The van der Waals surface area contributed by atoms with Gasteiger partial charge in [0.1, 0.15) is 5.82 Å². The van der Waals surface area contributed by atoms with Gasteiger partial charge >= 0.3 is 0 Å². The highest BCUT2D eigenvalue weighted by Crippen LogP contribution is 2.26. The maximum Gasteiger partial charge on any atom is 0.225 e. The fourth-order valence-electron chi connectivity index (χ4n) is 3.12. The Morgan fingerprint density at radius 2 is 1.78 bits per heavy atom. The molecule has 1 aliphatic heterocycles. The van der Waals surface area contributed by atoms with Crippen molar-refractivity contribution in [1.82, 2.24) is 5.32 Å². The molecule has 0 bridgehead atoms. The molecule has 2 N–H and O–H groups in total. The fourth-order valence-corrected chi connectivity index (χ4v) is 3.12. The van der Waals surface area contributed by atoms with Gasteiger partial charge in [0.15, 0.2) is 0 Å². The largest absolute Gasteiger partial charge is 0.378 e. The summed E-state index contributed by atoms with van der Waals surface area (Å²) in [5.41, 5.74) is 2.55.